The van der Waals surface area contributed by atoms with Crippen molar-refractivity contribution in [2.45, 2.75) is 38.2 Å². The quantitative estimate of drug-likeness (QED) is 0.822. The molecule has 0 aromatic heterocycles. The van der Waals surface area contributed by atoms with Crippen LogP contribution in [0.5, 0.6) is 0 Å². The zero-order valence-corrected chi connectivity index (χ0v) is 10.6. The van der Waals surface area contributed by atoms with Crippen LogP contribution < -0.4 is 0 Å². The van der Waals surface area contributed by atoms with Crippen LogP contribution >= 0.6 is 23.2 Å². The summed E-state index contributed by atoms with van der Waals surface area (Å²) in [7, 11) is 0. The molecule has 1 aliphatic rings. The molecule has 1 atom stereocenters. The molecule has 1 N–H and O–H groups in total. The second kappa shape index (κ2) is 5.39. The lowest BCUT2D eigenvalue weighted by molar-refractivity contribution is 0.0850. The lowest BCUT2D eigenvalue weighted by Crippen LogP contribution is -2.16. The molecule has 0 heterocycles. The maximum atomic E-state index is 10.3. The van der Waals surface area contributed by atoms with Crippen molar-refractivity contribution in [1.82, 2.24) is 0 Å². The maximum absolute atomic E-state index is 10.3. The van der Waals surface area contributed by atoms with E-state index < -0.39 is 6.10 Å². The molecule has 88 valence electrons. The van der Waals surface area contributed by atoms with E-state index in [1.807, 2.05) is 6.07 Å². The van der Waals surface area contributed by atoms with E-state index in [1.165, 1.54) is 19.3 Å². The third-order valence-corrected chi connectivity index (χ3v) is 4.05. The van der Waals surface area contributed by atoms with Crippen LogP contribution in [0.25, 0.3) is 0 Å². The Morgan fingerprint density at radius 1 is 1.06 bits per heavy atom. The van der Waals surface area contributed by atoms with Crippen molar-refractivity contribution in [2.24, 2.45) is 5.92 Å². The van der Waals surface area contributed by atoms with Gasteiger partial charge in [-0.2, -0.15) is 0 Å². The van der Waals surface area contributed by atoms with Crippen molar-refractivity contribution in [2.75, 3.05) is 0 Å². The highest BCUT2D eigenvalue weighted by Gasteiger charge is 2.26. The Morgan fingerprint density at radius 2 is 1.62 bits per heavy atom. The predicted molar refractivity (Wildman–Crippen MR) is 68.0 cm³/mol. The highest BCUT2D eigenvalue weighted by molar-refractivity contribution is 6.36. The second-order valence-corrected chi connectivity index (χ2v) is 5.29. The number of aliphatic hydroxyl groups excluding tert-OH is 1. The first-order chi connectivity index (χ1) is 7.70. The van der Waals surface area contributed by atoms with Crippen LogP contribution in [0.15, 0.2) is 18.2 Å². The molecule has 1 aromatic carbocycles. The van der Waals surface area contributed by atoms with Crippen molar-refractivity contribution in [3.05, 3.63) is 33.8 Å². The molecule has 0 saturated heterocycles. The van der Waals surface area contributed by atoms with Gasteiger partial charge in [0, 0.05) is 15.6 Å². The third-order valence-electron chi connectivity index (χ3n) is 3.39. The number of halogens is 2. The van der Waals surface area contributed by atoms with Gasteiger partial charge in [-0.05, 0) is 30.9 Å². The van der Waals surface area contributed by atoms with Crippen LogP contribution in [0.3, 0.4) is 0 Å². The van der Waals surface area contributed by atoms with Crippen molar-refractivity contribution in [1.29, 1.82) is 0 Å². The van der Waals surface area contributed by atoms with Crippen LogP contribution in [-0.2, 0) is 0 Å². The molecule has 1 aromatic rings. The Hall–Kier alpha value is -0.240. The van der Waals surface area contributed by atoms with E-state index in [9.17, 15) is 5.11 Å². The summed E-state index contributed by atoms with van der Waals surface area (Å²) in [6.45, 7) is 0. The largest absolute Gasteiger partial charge is 0.388 e. The van der Waals surface area contributed by atoms with Gasteiger partial charge in [0.25, 0.3) is 0 Å². The molecule has 0 spiro atoms. The molecule has 1 fully saturated rings. The van der Waals surface area contributed by atoms with Gasteiger partial charge in [0.05, 0.1) is 6.10 Å². The molecule has 1 aliphatic carbocycles. The van der Waals surface area contributed by atoms with Crippen LogP contribution in [0.1, 0.15) is 43.8 Å². The molecule has 16 heavy (non-hydrogen) atoms. The molecular formula is C13H16Cl2O. The molecule has 0 radical (unpaired) electrons. The summed E-state index contributed by atoms with van der Waals surface area (Å²) in [5.41, 5.74) is 0.706. The maximum Gasteiger partial charge on any atom is 0.0847 e. The average molecular weight is 259 g/mol. The molecule has 0 bridgehead atoms. The number of aliphatic hydroxyl groups is 1. The molecule has 1 saturated carbocycles. The summed E-state index contributed by atoms with van der Waals surface area (Å²) in [5, 5.41) is 11.5. The lowest BCUT2D eigenvalue weighted by atomic mass is 9.83. The van der Waals surface area contributed by atoms with E-state index in [2.05, 4.69) is 0 Å². The fourth-order valence-corrected chi connectivity index (χ4v) is 3.10. The number of hydrogen-bond donors (Lipinski definition) is 1. The van der Waals surface area contributed by atoms with E-state index in [0.717, 1.165) is 12.8 Å². The van der Waals surface area contributed by atoms with Gasteiger partial charge in [0.2, 0.25) is 0 Å². The fourth-order valence-electron chi connectivity index (χ4n) is 2.48. The first-order valence-corrected chi connectivity index (χ1v) is 6.57. The number of benzene rings is 1. The van der Waals surface area contributed by atoms with Crippen molar-refractivity contribution in [3.8, 4) is 0 Å². The summed E-state index contributed by atoms with van der Waals surface area (Å²) in [5.74, 6) is 0.311. The summed E-state index contributed by atoms with van der Waals surface area (Å²) in [6.07, 6.45) is 5.31. The van der Waals surface area contributed by atoms with E-state index in [-0.39, 0.29) is 0 Å². The van der Waals surface area contributed by atoms with Crippen LogP contribution in [0, 0.1) is 5.92 Å². The predicted octanol–water partition coefficient (Wildman–Crippen LogP) is 4.61. The van der Waals surface area contributed by atoms with Gasteiger partial charge < -0.3 is 5.11 Å². The monoisotopic (exact) mass is 258 g/mol. The Kier molecular flexibility index (Phi) is 4.12. The normalized spacial score (nSPS) is 19.7. The first kappa shape index (κ1) is 12.2. The molecule has 3 heteroatoms. The standard InChI is InChI=1S/C13H16Cl2O/c14-10-7-4-8-11(15)12(10)13(16)9-5-2-1-3-6-9/h4,7-9,13,16H,1-3,5-6H2. The van der Waals surface area contributed by atoms with Crippen molar-refractivity contribution < 1.29 is 5.11 Å². The van der Waals surface area contributed by atoms with Gasteiger partial charge >= 0.3 is 0 Å². The molecule has 2 rings (SSSR count). The van der Waals surface area contributed by atoms with Gasteiger partial charge in [-0.15, -0.1) is 0 Å². The topological polar surface area (TPSA) is 20.2 Å². The van der Waals surface area contributed by atoms with E-state index >= 15 is 0 Å². The minimum Gasteiger partial charge on any atom is -0.388 e. The summed E-state index contributed by atoms with van der Waals surface area (Å²) >= 11 is 12.2. The van der Waals surface area contributed by atoms with E-state index in [0.29, 0.717) is 21.5 Å². The Bertz CT molecular complexity index is 339. The highest BCUT2D eigenvalue weighted by atomic mass is 35.5. The minimum absolute atomic E-state index is 0.311. The van der Waals surface area contributed by atoms with Crippen LogP contribution in [-0.4, -0.2) is 5.11 Å². The van der Waals surface area contributed by atoms with Crippen LogP contribution in [0.4, 0.5) is 0 Å². The van der Waals surface area contributed by atoms with Gasteiger partial charge in [0.15, 0.2) is 0 Å². The van der Waals surface area contributed by atoms with Crippen LogP contribution in [0.2, 0.25) is 10.0 Å². The molecule has 1 unspecified atom stereocenters. The molecule has 0 aliphatic heterocycles. The van der Waals surface area contributed by atoms with Gasteiger partial charge in [-0.3, -0.25) is 0 Å². The summed E-state index contributed by atoms with van der Waals surface area (Å²) in [6, 6.07) is 5.38. The molecule has 1 nitrogen and oxygen atoms in total. The van der Waals surface area contributed by atoms with Gasteiger partial charge in [-0.25, -0.2) is 0 Å². The lowest BCUT2D eigenvalue weighted by Gasteiger charge is -2.27. The second-order valence-electron chi connectivity index (χ2n) is 4.48. The minimum atomic E-state index is -0.513. The zero-order chi connectivity index (χ0) is 11.5. The molecular weight excluding hydrogens is 243 g/mol. The number of rotatable bonds is 2. The first-order valence-electron chi connectivity index (χ1n) is 5.82. The smallest absolute Gasteiger partial charge is 0.0847 e. The zero-order valence-electron chi connectivity index (χ0n) is 9.13. The molecule has 0 amide bonds. The van der Waals surface area contributed by atoms with Gasteiger partial charge in [0.1, 0.15) is 0 Å². The highest BCUT2D eigenvalue weighted by Crippen LogP contribution is 2.39. The summed E-state index contributed by atoms with van der Waals surface area (Å²) in [4.78, 5) is 0. The summed E-state index contributed by atoms with van der Waals surface area (Å²) < 4.78 is 0. The fraction of sp³-hybridized carbons (Fsp3) is 0.538. The Balaban J connectivity index is 2.22. The Morgan fingerprint density at radius 3 is 2.19 bits per heavy atom. The van der Waals surface area contributed by atoms with E-state index in [1.54, 1.807) is 12.1 Å². The van der Waals surface area contributed by atoms with Gasteiger partial charge in [-0.1, -0.05) is 48.5 Å². The van der Waals surface area contributed by atoms with Crippen molar-refractivity contribution in [3.63, 3.8) is 0 Å². The van der Waals surface area contributed by atoms with E-state index in [4.69, 9.17) is 23.2 Å². The van der Waals surface area contributed by atoms with Crippen molar-refractivity contribution >= 4 is 23.2 Å². The average Bonchev–Trinajstić information content (AvgIpc) is 2.30. The SMILES string of the molecule is OC(c1c(Cl)cccc1Cl)C1CCCCC1. The third kappa shape index (κ3) is 2.53. The Labute approximate surface area is 106 Å². The number of hydrogen-bond acceptors (Lipinski definition) is 1.